The van der Waals surface area contributed by atoms with Crippen LogP contribution in [0.2, 0.25) is 0 Å². The fourth-order valence-corrected chi connectivity index (χ4v) is 1.74. The molecule has 0 fully saturated rings. The highest BCUT2D eigenvalue weighted by Crippen LogP contribution is 2.18. The van der Waals surface area contributed by atoms with E-state index in [0.717, 1.165) is 12.1 Å². The van der Waals surface area contributed by atoms with Crippen molar-refractivity contribution < 1.29 is 4.39 Å². The molecule has 0 bridgehead atoms. The van der Waals surface area contributed by atoms with Crippen molar-refractivity contribution in [3.63, 3.8) is 0 Å². The van der Waals surface area contributed by atoms with Gasteiger partial charge in [0.15, 0.2) is 0 Å². The van der Waals surface area contributed by atoms with Crippen molar-refractivity contribution in [3.8, 4) is 0 Å². The molecule has 0 heterocycles. The first kappa shape index (κ1) is 14.4. The van der Waals surface area contributed by atoms with Crippen molar-refractivity contribution in [2.24, 2.45) is 0 Å². The molecule has 0 atom stereocenters. The van der Waals surface area contributed by atoms with Gasteiger partial charge in [0.05, 0.1) is 4.47 Å². The van der Waals surface area contributed by atoms with E-state index in [-0.39, 0.29) is 11.4 Å². The molecule has 0 unspecified atom stereocenters. The first-order valence-electron chi connectivity index (χ1n) is 5.65. The van der Waals surface area contributed by atoms with Crippen LogP contribution in [0.3, 0.4) is 0 Å². The minimum absolute atomic E-state index is 0.110. The van der Waals surface area contributed by atoms with Gasteiger partial charge >= 0.3 is 0 Å². The second kappa shape index (κ2) is 5.78. The molecule has 17 heavy (non-hydrogen) atoms. The third-order valence-corrected chi connectivity index (χ3v) is 2.86. The molecule has 0 saturated carbocycles. The van der Waals surface area contributed by atoms with Crippen molar-refractivity contribution in [2.45, 2.75) is 33.2 Å². The summed E-state index contributed by atoms with van der Waals surface area (Å²) < 4.78 is 13.6. The van der Waals surface area contributed by atoms with Crippen LogP contribution < -0.4 is 5.32 Å². The highest BCUT2D eigenvalue weighted by molar-refractivity contribution is 9.10. The van der Waals surface area contributed by atoms with E-state index in [0.29, 0.717) is 4.47 Å². The summed E-state index contributed by atoms with van der Waals surface area (Å²) in [4.78, 5) is 0. The van der Waals surface area contributed by atoms with Crippen LogP contribution in [0.15, 0.2) is 28.2 Å². The lowest BCUT2D eigenvalue weighted by Crippen LogP contribution is -2.36. The molecule has 1 N–H and O–H groups in total. The smallest absolute Gasteiger partial charge is 0.137 e. The molecule has 0 aliphatic rings. The summed E-state index contributed by atoms with van der Waals surface area (Å²) in [6, 6.07) is 5.04. The summed E-state index contributed by atoms with van der Waals surface area (Å²) in [5.41, 5.74) is 2.34. The molecule has 1 aromatic carbocycles. The minimum Gasteiger partial charge on any atom is -0.308 e. The molecule has 0 aliphatic heterocycles. The molecule has 0 spiro atoms. The van der Waals surface area contributed by atoms with E-state index in [2.05, 4.69) is 55.0 Å². The average molecular weight is 300 g/mol. The highest BCUT2D eigenvalue weighted by Gasteiger charge is 2.07. The van der Waals surface area contributed by atoms with Crippen LogP contribution in [-0.4, -0.2) is 12.1 Å². The maximum atomic E-state index is 13.1. The first-order chi connectivity index (χ1) is 7.78. The molecule has 1 aromatic rings. The molecule has 0 radical (unpaired) electrons. The number of benzene rings is 1. The van der Waals surface area contributed by atoms with Crippen LogP contribution in [0.4, 0.5) is 4.39 Å². The summed E-state index contributed by atoms with van der Waals surface area (Å²) in [6.45, 7) is 9.30. The summed E-state index contributed by atoms with van der Waals surface area (Å²) in [5, 5.41) is 3.41. The zero-order valence-electron chi connectivity index (χ0n) is 10.8. The Morgan fingerprint density at radius 3 is 2.59 bits per heavy atom. The summed E-state index contributed by atoms with van der Waals surface area (Å²) >= 11 is 3.19. The second-order valence-corrected chi connectivity index (χ2v) is 6.12. The summed E-state index contributed by atoms with van der Waals surface area (Å²) in [6.07, 6.45) is 2.06. The largest absolute Gasteiger partial charge is 0.308 e. The van der Waals surface area contributed by atoms with Crippen molar-refractivity contribution >= 4 is 22.0 Å². The van der Waals surface area contributed by atoms with Crippen LogP contribution in [0.25, 0.3) is 6.08 Å². The third kappa shape index (κ3) is 5.46. The van der Waals surface area contributed by atoms with Crippen LogP contribution >= 0.6 is 15.9 Å². The SMILES string of the molecule is CC(=Cc1ccc(F)c(Br)c1)CNC(C)(C)C. The Kier molecular flexibility index (Phi) is 4.90. The fourth-order valence-electron chi connectivity index (χ4n) is 1.34. The lowest BCUT2D eigenvalue weighted by atomic mass is 10.1. The van der Waals surface area contributed by atoms with Crippen molar-refractivity contribution in [1.82, 2.24) is 5.32 Å². The number of rotatable bonds is 3. The molecular weight excluding hydrogens is 281 g/mol. The van der Waals surface area contributed by atoms with Crippen molar-refractivity contribution in [1.29, 1.82) is 0 Å². The zero-order chi connectivity index (χ0) is 13.1. The maximum Gasteiger partial charge on any atom is 0.137 e. The van der Waals surface area contributed by atoms with Gasteiger partial charge in [0, 0.05) is 12.1 Å². The topological polar surface area (TPSA) is 12.0 Å². The van der Waals surface area contributed by atoms with Gasteiger partial charge in [-0.3, -0.25) is 0 Å². The van der Waals surface area contributed by atoms with Gasteiger partial charge in [0.2, 0.25) is 0 Å². The predicted molar refractivity (Wildman–Crippen MR) is 75.5 cm³/mol. The van der Waals surface area contributed by atoms with E-state index in [1.807, 2.05) is 0 Å². The van der Waals surface area contributed by atoms with Gasteiger partial charge < -0.3 is 5.32 Å². The number of hydrogen-bond donors (Lipinski definition) is 1. The van der Waals surface area contributed by atoms with E-state index >= 15 is 0 Å². The predicted octanol–water partition coefficient (Wildman–Crippen LogP) is 4.38. The van der Waals surface area contributed by atoms with Crippen LogP contribution in [-0.2, 0) is 0 Å². The Labute approximate surface area is 111 Å². The molecule has 0 aliphatic carbocycles. The third-order valence-electron chi connectivity index (χ3n) is 2.25. The molecule has 1 nitrogen and oxygen atoms in total. The van der Waals surface area contributed by atoms with E-state index in [4.69, 9.17) is 0 Å². The van der Waals surface area contributed by atoms with Gasteiger partial charge in [-0.1, -0.05) is 17.7 Å². The first-order valence-corrected chi connectivity index (χ1v) is 6.44. The molecule has 0 aromatic heterocycles. The maximum absolute atomic E-state index is 13.1. The Bertz CT molecular complexity index is 419. The number of hydrogen-bond acceptors (Lipinski definition) is 1. The van der Waals surface area contributed by atoms with Crippen LogP contribution in [0, 0.1) is 5.82 Å². The normalized spacial score (nSPS) is 12.9. The Morgan fingerprint density at radius 2 is 2.06 bits per heavy atom. The Morgan fingerprint density at radius 1 is 1.41 bits per heavy atom. The monoisotopic (exact) mass is 299 g/mol. The fraction of sp³-hybridized carbons (Fsp3) is 0.429. The minimum atomic E-state index is -0.229. The van der Waals surface area contributed by atoms with E-state index in [9.17, 15) is 4.39 Å². The zero-order valence-corrected chi connectivity index (χ0v) is 12.4. The van der Waals surface area contributed by atoms with Gasteiger partial charge in [0.25, 0.3) is 0 Å². The van der Waals surface area contributed by atoms with E-state index < -0.39 is 0 Å². The molecule has 3 heteroatoms. The Balaban J connectivity index is 2.71. The van der Waals surface area contributed by atoms with Crippen molar-refractivity contribution in [2.75, 3.05) is 6.54 Å². The highest BCUT2D eigenvalue weighted by atomic mass is 79.9. The number of nitrogens with one attached hydrogen (secondary N) is 1. The van der Waals surface area contributed by atoms with E-state index in [1.165, 1.54) is 11.6 Å². The van der Waals surface area contributed by atoms with E-state index in [1.54, 1.807) is 12.1 Å². The van der Waals surface area contributed by atoms with Crippen molar-refractivity contribution in [3.05, 3.63) is 39.6 Å². The average Bonchev–Trinajstić information content (AvgIpc) is 2.20. The lowest BCUT2D eigenvalue weighted by Gasteiger charge is -2.20. The van der Waals surface area contributed by atoms with Crippen LogP contribution in [0.1, 0.15) is 33.3 Å². The molecule has 0 saturated heterocycles. The molecular formula is C14H19BrFN. The number of halogens is 2. The lowest BCUT2D eigenvalue weighted by molar-refractivity contribution is 0.445. The Hall–Kier alpha value is -0.670. The van der Waals surface area contributed by atoms with Crippen LogP contribution in [0.5, 0.6) is 0 Å². The van der Waals surface area contributed by atoms with Gasteiger partial charge in [-0.05, 0) is 61.3 Å². The van der Waals surface area contributed by atoms with Gasteiger partial charge in [-0.15, -0.1) is 0 Å². The summed E-state index contributed by atoms with van der Waals surface area (Å²) in [5.74, 6) is -0.229. The molecule has 1 rings (SSSR count). The van der Waals surface area contributed by atoms with Gasteiger partial charge in [0.1, 0.15) is 5.82 Å². The van der Waals surface area contributed by atoms with Gasteiger partial charge in [-0.2, -0.15) is 0 Å². The molecule has 0 amide bonds. The second-order valence-electron chi connectivity index (χ2n) is 5.27. The summed E-state index contributed by atoms with van der Waals surface area (Å²) in [7, 11) is 0. The quantitative estimate of drug-likeness (QED) is 0.873. The molecule has 94 valence electrons. The van der Waals surface area contributed by atoms with Gasteiger partial charge in [-0.25, -0.2) is 4.39 Å². The standard InChI is InChI=1S/C14H19BrFN/c1-10(9-17-14(2,3)4)7-11-5-6-13(16)12(15)8-11/h5-8,17H,9H2,1-4H3.